The third-order valence-corrected chi connectivity index (χ3v) is 3.64. The summed E-state index contributed by atoms with van der Waals surface area (Å²) in [5.74, 6) is 0. The van der Waals surface area contributed by atoms with Crippen LogP contribution in [0.3, 0.4) is 0 Å². The lowest BCUT2D eigenvalue weighted by molar-refractivity contribution is 0.0444. The van der Waals surface area contributed by atoms with Crippen molar-refractivity contribution in [2.24, 2.45) is 0 Å². The van der Waals surface area contributed by atoms with Crippen LogP contribution in [0, 0.1) is 0 Å². The van der Waals surface area contributed by atoms with Crippen LogP contribution in [0.15, 0.2) is 23.0 Å². The predicted molar refractivity (Wildman–Crippen MR) is 59.0 cm³/mol. The molecule has 1 aliphatic rings. The first-order valence-electron chi connectivity index (χ1n) is 4.63. The molecule has 0 amide bonds. The monoisotopic (exact) mass is 292 g/mol. The van der Waals surface area contributed by atoms with Crippen LogP contribution in [0.25, 0.3) is 0 Å². The zero-order valence-electron chi connectivity index (χ0n) is 7.57. The molecule has 0 bridgehead atoms. The summed E-state index contributed by atoms with van der Waals surface area (Å²) in [7, 11) is 0. The summed E-state index contributed by atoms with van der Waals surface area (Å²) in [5.41, 5.74) is 1.18. The smallest absolute Gasteiger partial charge is 0.0978 e. The Kier molecular flexibility index (Phi) is 2.93. The van der Waals surface area contributed by atoms with Gasteiger partial charge in [-0.05, 0) is 18.9 Å². The molecule has 3 atom stereocenters. The van der Waals surface area contributed by atoms with Crippen LogP contribution in [0.1, 0.15) is 31.4 Å². The van der Waals surface area contributed by atoms with Gasteiger partial charge in [-0.3, -0.25) is 0 Å². The van der Waals surface area contributed by atoms with E-state index in [-0.39, 0.29) is 6.10 Å². The van der Waals surface area contributed by atoms with Crippen molar-refractivity contribution in [1.29, 1.82) is 0 Å². The van der Waals surface area contributed by atoms with E-state index in [1.807, 2.05) is 6.07 Å². The average molecular weight is 292 g/mol. The number of hydrogen-bond donors (Lipinski definition) is 0. The second-order valence-corrected chi connectivity index (χ2v) is 5.00. The third kappa shape index (κ3) is 1.91. The maximum atomic E-state index is 5.90. The minimum Gasteiger partial charge on any atom is -0.472 e. The molecule has 1 aliphatic heterocycles. The van der Waals surface area contributed by atoms with Gasteiger partial charge in [-0.2, -0.15) is 0 Å². The number of hydrogen-bond acceptors (Lipinski definition) is 2. The fourth-order valence-corrected chi connectivity index (χ4v) is 2.86. The van der Waals surface area contributed by atoms with E-state index in [1.165, 1.54) is 5.56 Å². The molecular formula is C10H13IO2. The Morgan fingerprint density at radius 2 is 2.46 bits per heavy atom. The molecule has 1 aromatic rings. The topological polar surface area (TPSA) is 22.4 Å². The summed E-state index contributed by atoms with van der Waals surface area (Å²) in [5, 5.41) is 0. The Bertz CT molecular complexity index is 258. The summed E-state index contributed by atoms with van der Waals surface area (Å²) in [4.78, 5) is 0. The lowest BCUT2D eigenvalue weighted by Gasteiger charge is -2.11. The van der Waals surface area contributed by atoms with E-state index in [1.54, 1.807) is 12.5 Å². The van der Waals surface area contributed by atoms with E-state index in [0.29, 0.717) is 10.0 Å². The van der Waals surface area contributed by atoms with E-state index in [2.05, 4.69) is 29.5 Å². The molecule has 1 saturated heterocycles. The second kappa shape index (κ2) is 4.00. The predicted octanol–water partition coefficient (Wildman–Crippen LogP) is 3.32. The van der Waals surface area contributed by atoms with E-state index in [4.69, 9.17) is 9.15 Å². The van der Waals surface area contributed by atoms with E-state index in [9.17, 15) is 0 Å². The van der Waals surface area contributed by atoms with Gasteiger partial charge in [-0.1, -0.05) is 29.5 Å². The zero-order chi connectivity index (χ0) is 9.26. The van der Waals surface area contributed by atoms with Gasteiger partial charge in [0.25, 0.3) is 0 Å². The summed E-state index contributed by atoms with van der Waals surface area (Å²) in [6.45, 7) is 2.17. The number of rotatable bonds is 2. The number of alkyl halides is 1. The summed E-state index contributed by atoms with van der Waals surface area (Å²) in [6.07, 6.45) is 6.43. The van der Waals surface area contributed by atoms with Crippen LogP contribution in [-0.2, 0) is 4.74 Å². The minimum atomic E-state index is 0.240. The van der Waals surface area contributed by atoms with Crippen molar-refractivity contribution >= 4 is 22.6 Å². The average Bonchev–Trinajstić information content (AvgIpc) is 2.72. The van der Waals surface area contributed by atoms with Gasteiger partial charge in [0, 0.05) is 9.49 Å². The molecule has 0 aliphatic carbocycles. The fourth-order valence-electron chi connectivity index (χ4n) is 1.71. The summed E-state index contributed by atoms with van der Waals surface area (Å²) in [6, 6.07) is 1.99. The van der Waals surface area contributed by atoms with Crippen molar-refractivity contribution in [3.05, 3.63) is 24.2 Å². The van der Waals surface area contributed by atoms with Crippen LogP contribution >= 0.6 is 22.6 Å². The first kappa shape index (κ1) is 9.52. The molecule has 72 valence electrons. The molecule has 0 radical (unpaired) electrons. The minimum absolute atomic E-state index is 0.240. The highest BCUT2D eigenvalue weighted by Gasteiger charge is 2.33. The third-order valence-electron chi connectivity index (χ3n) is 2.48. The zero-order valence-corrected chi connectivity index (χ0v) is 9.73. The molecule has 13 heavy (non-hydrogen) atoms. The van der Waals surface area contributed by atoms with Crippen LogP contribution in [-0.4, -0.2) is 10.0 Å². The lowest BCUT2D eigenvalue weighted by Crippen LogP contribution is -2.05. The highest BCUT2D eigenvalue weighted by Crippen LogP contribution is 2.39. The van der Waals surface area contributed by atoms with Gasteiger partial charge in [0.1, 0.15) is 0 Å². The molecule has 2 rings (SSSR count). The van der Waals surface area contributed by atoms with Crippen LogP contribution in [0.5, 0.6) is 0 Å². The molecule has 0 aromatic carbocycles. The summed E-state index contributed by atoms with van der Waals surface area (Å²) < 4.78 is 11.5. The van der Waals surface area contributed by atoms with Crippen molar-refractivity contribution in [3.8, 4) is 0 Å². The standard InChI is InChI=1S/C10H13IO2/c1-2-8-5-9(11)10(13-8)7-3-4-12-6-7/h3-4,6,8-10H,2,5H2,1H3/t8-,9+,10-/m1/s1. The number of ether oxygens (including phenoxy) is 1. The maximum Gasteiger partial charge on any atom is 0.0978 e. The van der Waals surface area contributed by atoms with Gasteiger partial charge in [0.15, 0.2) is 0 Å². The molecule has 0 N–H and O–H groups in total. The van der Waals surface area contributed by atoms with E-state index >= 15 is 0 Å². The maximum absolute atomic E-state index is 5.90. The van der Waals surface area contributed by atoms with Gasteiger partial charge >= 0.3 is 0 Å². The normalized spacial score (nSPS) is 33.8. The van der Waals surface area contributed by atoms with E-state index in [0.717, 1.165) is 12.8 Å². The molecule has 2 nitrogen and oxygen atoms in total. The Labute approximate surface area is 91.8 Å². The number of furan rings is 1. The first-order valence-corrected chi connectivity index (χ1v) is 5.87. The Balaban J connectivity index is 2.09. The highest BCUT2D eigenvalue weighted by atomic mass is 127. The molecule has 2 heterocycles. The molecule has 3 heteroatoms. The van der Waals surface area contributed by atoms with Crippen molar-refractivity contribution in [1.82, 2.24) is 0 Å². The second-order valence-electron chi connectivity index (χ2n) is 3.40. The lowest BCUT2D eigenvalue weighted by atomic mass is 10.1. The van der Waals surface area contributed by atoms with Gasteiger partial charge in [-0.25, -0.2) is 0 Å². The van der Waals surface area contributed by atoms with Crippen LogP contribution < -0.4 is 0 Å². The van der Waals surface area contributed by atoms with Gasteiger partial charge < -0.3 is 9.15 Å². The largest absolute Gasteiger partial charge is 0.472 e. The van der Waals surface area contributed by atoms with Crippen molar-refractivity contribution < 1.29 is 9.15 Å². The Hall–Kier alpha value is -0.0300. The molecule has 0 unspecified atom stereocenters. The Morgan fingerprint density at radius 1 is 1.62 bits per heavy atom. The molecule has 0 saturated carbocycles. The number of halogens is 1. The first-order chi connectivity index (χ1) is 6.31. The van der Waals surface area contributed by atoms with E-state index < -0.39 is 0 Å². The highest BCUT2D eigenvalue weighted by molar-refractivity contribution is 14.1. The summed E-state index contributed by atoms with van der Waals surface area (Å²) >= 11 is 2.47. The SMILES string of the molecule is CC[C@@H]1C[C@H](I)[C@@H](c2ccoc2)O1. The van der Waals surface area contributed by atoms with Crippen molar-refractivity contribution in [2.75, 3.05) is 0 Å². The van der Waals surface area contributed by atoms with Gasteiger partial charge in [-0.15, -0.1) is 0 Å². The van der Waals surface area contributed by atoms with Crippen molar-refractivity contribution in [3.63, 3.8) is 0 Å². The van der Waals surface area contributed by atoms with Gasteiger partial charge in [0.2, 0.25) is 0 Å². The van der Waals surface area contributed by atoms with Crippen LogP contribution in [0.2, 0.25) is 0 Å². The van der Waals surface area contributed by atoms with Gasteiger partial charge in [0.05, 0.1) is 24.7 Å². The molecular weight excluding hydrogens is 279 g/mol. The van der Waals surface area contributed by atoms with Crippen LogP contribution in [0.4, 0.5) is 0 Å². The fraction of sp³-hybridized carbons (Fsp3) is 0.600. The molecule has 1 aromatic heterocycles. The molecule has 0 spiro atoms. The quantitative estimate of drug-likeness (QED) is 0.616. The molecule has 1 fully saturated rings. The Morgan fingerprint density at radius 3 is 3.00 bits per heavy atom. The van der Waals surface area contributed by atoms with Crippen molar-refractivity contribution in [2.45, 2.75) is 35.9 Å².